The van der Waals surface area contributed by atoms with Crippen LogP contribution < -0.4 is 10.5 Å². The normalized spacial score (nSPS) is 10.2. The van der Waals surface area contributed by atoms with Crippen molar-refractivity contribution in [1.29, 1.82) is 0 Å². The molecular formula is C16H23NO3. The molecule has 0 saturated heterocycles. The lowest BCUT2D eigenvalue weighted by atomic mass is 10.0. The molecule has 1 aromatic carbocycles. The van der Waals surface area contributed by atoms with Crippen molar-refractivity contribution in [3.8, 4) is 5.75 Å². The molecule has 4 heteroatoms. The van der Waals surface area contributed by atoms with Crippen LogP contribution in [0.1, 0.15) is 43.4 Å². The van der Waals surface area contributed by atoms with E-state index in [1.807, 2.05) is 39.8 Å². The lowest BCUT2D eigenvalue weighted by Crippen LogP contribution is -2.05. The molecule has 0 atom stereocenters. The van der Waals surface area contributed by atoms with Gasteiger partial charge in [0.2, 0.25) is 0 Å². The van der Waals surface area contributed by atoms with Gasteiger partial charge in [0.05, 0.1) is 6.61 Å². The van der Waals surface area contributed by atoms with Gasteiger partial charge >= 0.3 is 5.97 Å². The number of aliphatic carboxylic acids is 1. The molecule has 0 radical (unpaired) electrons. The highest BCUT2D eigenvalue weighted by atomic mass is 16.5. The molecule has 1 rings (SSSR count). The largest absolute Gasteiger partial charge is 0.493 e. The second-order valence-corrected chi connectivity index (χ2v) is 5.18. The van der Waals surface area contributed by atoms with E-state index in [1.54, 1.807) is 0 Å². The number of ether oxygens (including phenoxy) is 1. The smallest absolute Gasteiger partial charge is 0.303 e. The zero-order chi connectivity index (χ0) is 15.3. The number of rotatable bonds is 6. The predicted molar refractivity (Wildman–Crippen MR) is 80.7 cm³/mol. The lowest BCUT2D eigenvalue weighted by molar-refractivity contribution is -0.137. The Balaban J connectivity index is 2.90. The third kappa shape index (κ3) is 4.30. The fourth-order valence-corrected chi connectivity index (χ4v) is 1.83. The Hall–Kier alpha value is -1.97. The Morgan fingerprint density at radius 1 is 1.30 bits per heavy atom. The summed E-state index contributed by atoms with van der Waals surface area (Å²) in [6, 6.07) is 3.97. The Bertz CT molecular complexity index is 529. The van der Waals surface area contributed by atoms with Crippen LogP contribution in [0.15, 0.2) is 17.7 Å². The van der Waals surface area contributed by atoms with E-state index in [0.717, 1.165) is 33.7 Å². The predicted octanol–water partition coefficient (Wildman–Crippen LogP) is 3.26. The van der Waals surface area contributed by atoms with Crippen molar-refractivity contribution in [3.05, 3.63) is 34.4 Å². The number of carboxylic acids is 1. The summed E-state index contributed by atoms with van der Waals surface area (Å²) in [5.41, 5.74) is 11.0. The summed E-state index contributed by atoms with van der Waals surface area (Å²) < 4.78 is 5.70. The maximum Gasteiger partial charge on any atom is 0.303 e. The average molecular weight is 277 g/mol. The Kier molecular flexibility index (Phi) is 5.62. The second-order valence-electron chi connectivity index (χ2n) is 5.18. The van der Waals surface area contributed by atoms with E-state index in [9.17, 15) is 4.79 Å². The van der Waals surface area contributed by atoms with Gasteiger partial charge < -0.3 is 15.6 Å². The molecule has 0 unspecified atom stereocenters. The highest BCUT2D eigenvalue weighted by Crippen LogP contribution is 2.27. The third-order valence-electron chi connectivity index (χ3n) is 3.26. The minimum absolute atomic E-state index is 0.119. The van der Waals surface area contributed by atoms with Crippen LogP contribution in [0.2, 0.25) is 0 Å². The van der Waals surface area contributed by atoms with Crippen LogP contribution in [0.4, 0.5) is 0 Å². The summed E-state index contributed by atoms with van der Waals surface area (Å²) in [5.74, 6) is -0.0290. The Morgan fingerprint density at radius 2 is 1.95 bits per heavy atom. The molecule has 0 aliphatic heterocycles. The first-order valence-corrected chi connectivity index (χ1v) is 6.72. The van der Waals surface area contributed by atoms with Crippen molar-refractivity contribution in [2.75, 3.05) is 6.61 Å². The fraction of sp³-hybridized carbons (Fsp3) is 0.438. The van der Waals surface area contributed by atoms with E-state index in [2.05, 4.69) is 0 Å². The summed E-state index contributed by atoms with van der Waals surface area (Å²) in [6.45, 7) is 8.34. The molecule has 4 nitrogen and oxygen atoms in total. The Labute approximate surface area is 120 Å². The van der Waals surface area contributed by atoms with Crippen LogP contribution in [-0.4, -0.2) is 17.7 Å². The van der Waals surface area contributed by atoms with E-state index in [-0.39, 0.29) is 6.42 Å². The van der Waals surface area contributed by atoms with Crippen molar-refractivity contribution in [3.63, 3.8) is 0 Å². The van der Waals surface area contributed by atoms with E-state index >= 15 is 0 Å². The molecule has 0 heterocycles. The van der Waals surface area contributed by atoms with Crippen LogP contribution in [0.25, 0.3) is 5.70 Å². The number of hydrogen-bond acceptors (Lipinski definition) is 3. The van der Waals surface area contributed by atoms with E-state index in [0.29, 0.717) is 13.0 Å². The highest BCUT2D eigenvalue weighted by molar-refractivity contribution is 5.68. The summed E-state index contributed by atoms with van der Waals surface area (Å²) in [7, 11) is 0. The molecule has 20 heavy (non-hydrogen) atoms. The molecule has 0 bridgehead atoms. The number of benzene rings is 1. The number of carboxylic acid groups (broad SMARTS) is 1. The maximum absolute atomic E-state index is 10.5. The van der Waals surface area contributed by atoms with E-state index < -0.39 is 5.97 Å². The van der Waals surface area contributed by atoms with Crippen LogP contribution in [0.3, 0.4) is 0 Å². The highest BCUT2D eigenvalue weighted by Gasteiger charge is 2.08. The number of hydrogen-bond donors (Lipinski definition) is 2. The van der Waals surface area contributed by atoms with Gasteiger partial charge in [-0.3, -0.25) is 4.79 Å². The van der Waals surface area contributed by atoms with Crippen molar-refractivity contribution in [1.82, 2.24) is 0 Å². The molecule has 110 valence electrons. The van der Waals surface area contributed by atoms with Gasteiger partial charge in [-0.2, -0.15) is 0 Å². The summed E-state index contributed by atoms with van der Waals surface area (Å²) in [6.07, 6.45) is 0.615. The van der Waals surface area contributed by atoms with Crippen molar-refractivity contribution in [2.45, 2.75) is 40.5 Å². The topological polar surface area (TPSA) is 72.5 Å². The first-order valence-electron chi connectivity index (χ1n) is 6.72. The Morgan fingerprint density at radius 3 is 2.50 bits per heavy atom. The van der Waals surface area contributed by atoms with Crippen molar-refractivity contribution >= 4 is 11.7 Å². The van der Waals surface area contributed by atoms with Gasteiger partial charge in [-0.25, -0.2) is 0 Å². The zero-order valence-electron chi connectivity index (χ0n) is 12.6. The average Bonchev–Trinajstić information content (AvgIpc) is 2.37. The quantitative estimate of drug-likeness (QED) is 0.783. The SMILES string of the molecule is CC(C)=C(N)c1cc(C)c(C)c(OCCCC(=O)O)c1. The van der Waals surface area contributed by atoms with E-state index in [4.69, 9.17) is 15.6 Å². The molecule has 0 fully saturated rings. The van der Waals surface area contributed by atoms with Gasteiger partial charge in [0, 0.05) is 17.7 Å². The lowest BCUT2D eigenvalue weighted by Gasteiger charge is -2.14. The third-order valence-corrected chi connectivity index (χ3v) is 3.26. The molecule has 0 aliphatic rings. The van der Waals surface area contributed by atoms with Gasteiger partial charge in [-0.05, 0) is 57.4 Å². The van der Waals surface area contributed by atoms with Gasteiger partial charge in [0.15, 0.2) is 0 Å². The first-order chi connectivity index (χ1) is 9.32. The molecular weight excluding hydrogens is 254 g/mol. The molecule has 3 N–H and O–H groups in total. The van der Waals surface area contributed by atoms with Crippen LogP contribution >= 0.6 is 0 Å². The monoisotopic (exact) mass is 277 g/mol. The minimum Gasteiger partial charge on any atom is -0.493 e. The van der Waals surface area contributed by atoms with E-state index in [1.165, 1.54) is 0 Å². The zero-order valence-corrected chi connectivity index (χ0v) is 12.6. The number of aryl methyl sites for hydroxylation is 1. The first kappa shape index (κ1) is 16.1. The van der Waals surface area contributed by atoms with Crippen LogP contribution in [0.5, 0.6) is 5.75 Å². The standard InChI is InChI=1S/C16H23NO3/c1-10(2)16(17)13-8-11(3)12(4)14(9-13)20-7-5-6-15(18)19/h8-9H,5-7,17H2,1-4H3,(H,18,19). The summed E-state index contributed by atoms with van der Waals surface area (Å²) >= 11 is 0. The summed E-state index contributed by atoms with van der Waals surface area (Å²) in [5, 5.41) is 8.61. The van der Waals surface area contributed by atoms with Crippen molar-refractivity contribution in [2.24, 2.45) is 5.73 Å². The van der Waals surface area contributed by atoms with Gasteiger partial charge in [0.25, 0.3) is 0 Å². The summed E-state index contributed by atoms with van der Waals surface area (Å²) in [4.78, 5) is 10.5. The number of nitrogens with two attached hydrogens (primary N) is 1. The molecule has 1 aromatic rings. The molecule has 0 aromatic heterocycles. The molecule has 0 aliphatic carbocycles. The fourth-order valence-electron chi connectivity index (χ4n) is 1.83. The molecule has 0 spiro atoms. The number of carbonyl (C=O) groups is 1. The van der Waals surface area contributed by atoms with Crippen molar-refractivity contribution < 1.29 is 14.6 Å². The van der Waals surface area contributed by atoms with Gasteiger partial charge in [-0.1, -0.05) is 5.57 Å². The number of allylic oxidation sites excluding steroid dienone is 1. The second kappa shape index (κ2) is 6.98. The minimum atomic E-state index is -0.802. The van der Waals surface area contributed by atoms with Crippen LogP contribution in [0, 0.1) is 13.8 Å². The van der Waals surface area contributed by atoms with Gasteiger partial charge in [0.1, 0.15) is 5.75 Å². The maximum atomic E-state index is 10.5. The van der Waals surface area contributed by atoms with Gasteiger partial charge in [-0.15, -0.1) is 0 Å². The molecule has 0 saturated carbocycles. The molecule has 0 amide bonds. The van der Waals surface area contributed by atoms with Crippen LogP contribution in [-0.2, 0) is 4.79 Å².